The molecule has 4 heterocycles. The first-order chi connectivity index (χ1) is 9.15. The van der Waals surface area contributed by atoms with Crippen LogP contribution in [0, 0.1) is 5.92 Å². The third-order valence-electron chi connectivity index (χ3n) is 4.39. The molecule has 19 heavy (non-hydrogen) atoms. The number of rotatable bonds is 3. The minimum Gasteiger partial charge on any atom is -0.365 e. The van der Waals surface area contributed by atoms with E-state index in [9.17, 15) is 0 Å². The summed E-state index contributed by atoms with van der Waals surface area (Å²) in [6.45, 7) is 7.90. The first-order valence-corrected chi connectivity index (χ1v) is 7.52. The van der Waals surface area contributed by atoms with Crippen LogP contribution in [0.5, 0.6) is 0 Å². The molecular weight excluding hydrogens is 260 g/mol. The molecule has 1 N–H and O–H groups in total. The van der Waals surface area contributed by atoms with Crippen LogP contribution < -0.4 is 5.32 Å². The standard InChI is InChI=1S/C14H21ClN4/c1-9(2)12-13(15)16-8-17-14(12)18-11-7-19-5-3-10(11)4-6-19/h8-11H,3-7H2,1-2H3,(H,16,17,18). The Hall–Kier alpha value is -0.870. The molecule has 3 fully saturated rings. The van der Waals surface area contributed by atoms with E-state index in [0.717, 1.165) is 23.8 Å². The average molecular weight is 281 g/mol. The Labute approximate surface area is 119 Å². The Morgan fingerprint density at radius 2 is 2.05 bits per heavy atom. The Bertz CT molecular complexity index is 455. The molecule has 1 atom stereocenters. The number of anilines is 1. The van der Waals surface area contributed by atoms with Crippen molar-refractivity contribution in [3.8, 4) is 0 Å². The van der Waals surface area contributed by atoms with Crippen LogP contribution in [0.15, 0.2) is 6.33 Å². The highest BCUT2D eigenvalue weighted by molar-refractivity contribution is 6.30. The Balaban J connectivity index is 1.82. The van der Waals surface area contributed by atoms with Crippen molar-refractivity contribution >= 4 is 17.4 Å². The van der Waals surface area contributed by atoms with Crippen LogP contribution in [0.2, 0.25) is 5.15 Å². The van der Waals surface area contributed by atoms with Crippen molar-refractivity contribution in [1.82, 2.24) is 14.9 Å². The molecule has 1 aromatic heterocycles. The molecule has 1 unspecified atom stereocenters. The van der Waals surface area contributed by atoms with Crippen molar-refractivity contribution in [1.29, 1.82) is 0 Å². The average Bonchev–Trinajstić information content (AvgIpc) is 2.39. The highest BCUT2D eigenvalue weighted by Gasteiger charge is 2.34. The molecule has 4 rings (SSSR count). The van der Waals surface area contributed by atoms with Crippen molar-refractivity contribution in [3.05, 3.63) is 17.0 Å². The van der Waals surface area contributed by atoms with E-state index in [4.69, 9.17) is 11.6 Å². The van der Waals surface area contributed by atoms with E-state index in [1.165, 1.54) is 25.9 Å². The molecule has 5 heteroatoms. The molecule has 0 saturated carbocycles. The van der Waals surface area contributed by atoms with E-state index in [-0.39, 0.29) is 0 Å². The molecule has 0 aromatic carbocycles. The molecule has 0 amide bonds. The number of nitrogens with one attached hydrogen (secondary N) is 1. The number of piperidine rings is 3. The summed E-state index contributed by atoms with van der Waals surface area (Å²) in [4.78, 5) is 11.1. The Morgan fingerprint density at radius 3 is 2.63 bits per heavy atom. The fraction of sp³-hybridized carbons (Fsp3) is 0.714. The van der Waals surface area contributed by atoms with Gasteiger partial charge in [0.25, 0.3) is 0 Å². The fourth-order valence-electron chi connectivity index (χ4n) is 3.30. The first-order valence-electron chi connectivity index (χ1n) is 7.14. The third kappa shape index (κ3) is 2.56. The molecule has 0 aliphatic carbocycles. The summed E-state index contributed by atoms with van der Waals surface area (Å²) < 4.78 is 0. The van der Waals surface area contributed by atoms with E-state index in [2.05, 4.69) is 34.0 Å². The Kier molecular flexibility index (Phi) is 3.63. The van der Waals surface area contributed by atoms with Gasteiger partial charge in [-0.25, -0.2) is 9.97 Å². The number of hydrogen-bond acceptors (Lipinski definition) is 4. The molecule has 3 aliphatic heterocycles. The van der Waals surface area contributed by atoms with Crippen molar-refractivity contribution < 1.29 is 0 Å². The zero-order valence-electron chi connectivity index (χ0n) is 11.6. The summed E-state index contributed by atoms with van der Waals surface area (Å²) in [5, 5.41) is 4.20. The summed E-state index contributed by atoms with van der Waals surface area (Å²) in [6, 6.07) is 0.506. The van der Waals surface area contributed by atoms with Crippen LogP contribution in [0.25, 0.3) is 0 Å². The van der Waals surface area contributed by atoms with Gasteiger partial charge in [0.2, 0.25) is 0 Å². The van der Waals surface area contributed by atoms with E-state index in [1.807, 2.05) is 0 Å². The van der Waals surface area contributed by atoms with Gasteiger partial charge in [0.05, 0.1) is 0 Å². The van der Waals surface area contributed by atoms with Gasteiger partial charge in [-0.2, -0.15) is 0 Å². The van der Waals surface area contributed by atoms with Gasteiger partial charge in [-0.05, 0) is 37.8 Å². The maximum atomic E-state index is 6.22. The van der Waals surface area contributed by atoms with Gasteiger partial charge in [-0.1, -0.05) is 25.4 Å². The lowest BCUT2D eigenvalue weighted by Gasteiger charge is -2.45. The van der Waals surface area contributed by atoms with Crippen LogP contribution in [-0.4, -0.2) is 40.5 Å². The molecule has 3 aliphatic rings. The minimum absolute atomic E-state index is 0.331. The number of hydrogen-bond donors (Lipinski definition) is 1. The lowest BCUT2D eigenvalue weighted by molar-refractivity contribution is 0.0973. The molecule has 4 nitrogen and oxygen atoms in total. The van der Waals surface area contributed by atoms with Gasteiger partial charge in [0.15, 0.2) is 0 Å². The fourth-order valence-corrected chi connectivity index (χ4v) is 3.66. The number of halogens is 1. The molecule has 0 radical (unpaired) electrons. The van der Waals surface area contributed by atoms with Crippen molar-refractivity contribution in [2.45, 2.75) is 38.6 Å². The Morgan fingerprint density at radius 1 is 1.32 bits per heavy atom. The maximum Gasteiger partial charge on any atom is 0.138 e. The molecular formula is C14H21ClN4. The van der Waals surface area contributed by atoms with Crippen molar-refractivity contribution in [2.24, 2.45) is 5.92 Å². The minimum atomic E-state index is 0.331. The summed E-state index contributed by atoms with van der Waals surface area (Å²) in [5.41, 5.74) is 1.04. The predicted molar refractivity (Wildman–Crippen MR) is 77.7 cm³/mol. The van der Waals surface area contributed by atoms with Crippen molar-refractivity contribution in [2.75, 3.05) is 25.0 Å². The number of nitrogens with zero attached hydrogens (tertiary/aromatic N) is 3. The monoisotopic (exact) mass is 280 g/mol. The zero-order chi connectivity index (χ0) is 13.4. The molecule has 104 valence electrons. The normalized spacial score (nSPS) is 29.8. The number of fused-ring (bicyclic) bond motifs is 3. The summed E-state index contributed by atoms with van der Waals surface area (Å²) in [7, 11) is 0. The highest BCUT2D eigenvalue weighted by atomic mass is 35.5. The SMILES string of the molecule is CC(C)c1c(Cl)ncnc1NC1CN2CCC1CC2. The van der Waals surface area contributed by atoms with Crippen LogP contribution in [0.1, 0.15) is 38.2 Å². The van der Waals surface area contributed by atoms with E-state index in [0.29, 0.717) is 17.1 Å². The van der Waals surface area contributed by atoms with Crippen LogP contribution in [-0.2, 0) is 0 Å². The summed E-state index contributed by atoms with van der Waals surface area (Å²) in [6.07, 6.45) is 4.15. The lowest BCUT2D eigenvalue weighted by atomic mass is 9.84. The molecule has 2 bridgehead atoms. The van der Waals surface area contributed by atoms with E-state index < -0.39 is 0 Å². The largest absolute Gasteiger partial charge is 0.365 e. The van der Waals surface area contributed by atoms with Gasteiger partial charge in [0.1, 0.15) is 17.3 Å². The van der Waals surface area contributed by atoms with Gasteiger partial charge in [-0.15, -0.1) is 0 Å². The first kappa shape index (κ1) is 13.1. The second kappa shape index (κ2) is 5.25. The summed E-state index contributed by atoms with van der Waals surface area (Å²) >= 11 is 6.22. The van der Waals surface area contributed by atoms with Crippen LogP contribution >= 0.6 is 11.6 Å². The quantitative estimate of drug-likeness (QED) is 0.865. The van der Waals surface area contributed by atoms with E-state index >= 15 is 0 Å². The summed E-state index contributed by atoms with van der Waals surface area (Å²) in [5.74, 6) is 2.03. The zero-order valence-corrected chi connectivity index (χ0v) is 12.3. The topological polar surface area (TPSA) is 41.1 Å². The maximum absolute atomic E-state index is 6.22. The van der Waals surface area contributed by atoms with Gasteiger partial charge in [-0.3, -0.25) is 0 Å². The van der Waals surface area contributed by atoms with Gasteiger partial charge < -0.3 is 10.2 Å². The van der Waals surface area contributed by atoms with Gasteiger partial charge >= 0.3 is 0 Å². The smallest absolute Gasteiger partial charge is 0.138 e. The van der Waals surface area contributed by atoms with Crippen LogP contribution in [0.4, 0.5) is 5.82 Å². The lowest BCUT2D eigenvalue weighted by Crippen LogP contribution is -2.53. The van der Waals surface area contributed by atoms with Crippen LogP contribution in [0.3, 0.4) is 0 Å². The van der Waals surface area contributed by atoms with Crippen molar-refractivity contribution in [3.63, 3.8) is 0 Å². The molecule has 0 spiro atoms. The number of aromatic nitrogens is 2. The third-order valence-corrected chi connectivity index (χ3v) is 4.69. The second-order valence-electron chi connectivity index (χ2n) is 5.97. The van der Waals surface area contributed by atoms with Gasteiger partial charge in [0, 0.05) is 18.2 Å². The highest BCUT2D eigenvalue weighted by Crippen LogP contribution is 2.33. The second-order valence-corrected chi connectivity index (χ2v) is 6.33. The predicted octanol–water partition coefficient (Wildman–Crippen LogP) is 2.76. The molecule has 1 aromatic rings. The van der Waals surface area contributed by atoms with E-state index in [1.54, 1.807) is 6.33 Å². The molecule has 3 saturated heterocycles.